The molecule has 1 N–H and O–H groups in total. The van der Waals surface area contributed by atoms with Crippen LogP contribution in [-0.2, 0) is 11.4 Å². The zero-order chi connectivity index (χ0) is 28.0. The minimum Gasteiger partial charge on any atom is -0.489 e. The fourth-order valence-corrected chi connectivity index (χ4v) is 4.03. The second-order valence-electron chi connectivity index (χ2n) is 9.29. The number of hydrogen-bond donors (Lipinski definition) is 1. The number of ketones is 1. The van der Waals surface area contributed by atoms with E-state index in [-0.39, 0.29) is 23.3 Å². The molecule has 1 heterocycles. The Kier molecular flexibility index (Phi) is 8.57. The maximum Gasteiger partial charge on any atom is 0.230 e. The van der Waals surface area contributed by atoms with Gasteiger partial charge in [-0.05, 0) is 78.7 Å². The van der Waals surface area contributed by atoms with E-state index in [2.05, 4.69) is 0 Å². The van der Waals surface area contributed by atoms with Crippen molar-refractivity contribution in [1.82, 2.24) is 0 Å². The van der Waals surface area contributed by atoms with Crippen LogP contribution in [0.4, 0.5) is 14.5 Å². The Labute approximate surface area is 227 Å². The molecule has 1 amide bonds. The van der Waals surface area contributed by atoms with Crippen molar-refractivity contribution in [2.24, 2.45) is 0 Å². The van der Waals surface area contributed by atoms with Crippen molar-refractivity contribution in [2.75, 3.05) is 4.90 Å². The molecule has 1 aliphatic heterocycles. The molecule has 2 atom stereocenters. The summed E-state index contributed by atoms with van der Waals surface area (Å²) >= 11 is 0. The summed E-state index contributed by atoms with van der Waals surface area (Å²) in [6, 6.07) is 28.6. The Balaban J connectivity index is 0.000000229. The minimum atomic E-state index is -1.90. The van der Waals surface area contributed by atoms with Gasteiger partial charge in [-0.2, -0.15) is 0 Å². The number of aliphatic hydroxyl groups is 1. The molecular weight excluding hydrogens is 499 g/mol. The highest BCUT2D eigenvalue weighted by molar-refractivity contribution is 6.30. The van der Waals surface area contributed by atoms with Gasteiger partial charge in [-0.15, -0.1) is 0 Å². The molecule has 5 nitrogen and oxygen atoms in total. The molecule has 0 saturated carbocycles. The lowest BCUT2D eigenvalue weighted by atomic mass is 9.77. The van der Waals surface area contributed by atoms with Crippen LogP contribution in [-0.4, -0.2) is 30.1 Å². The Morgan fingerprint density at radius 3 is 2.03 bits per heavy atom. The predicted octanol–water partition coefficient (Wildman–Crippen LogP) is 5.77. The van der Waals surface area contributed by atoms with Gasteiger partial charge in [-0.25, -0.2) is 8.78 Å². The molecule has 196 valence electrons. The summed E-state index contributed by atoms with van der Waals surface area (Å²) in [6.07, 6.45) is 0.460. The Morgan fingerprint density at radius 2 is 1.49 bits per heavy atom. The van der Waals surface area contributed by atoms with Crippen molar-refractivity contribution in [1.29, 1.82) is 0 Å². The van der Waals surface area contributed by atoms with Crippen molar-refractivity contribution in [2.45, 2.75) is 31.5 Å². The highest BCUT2D eigenvalue weighted by atomic mass is 19.1. The number of halogens is 2. The lowest BCUT2D eigenvalue weighted by Crippen LogP contribution is -2.46. The number of amides is 1. The highest BCUT2D eigenvalue weighted by Gasteiger charge is 2.38. The molecular formula is C31H26BF2NO4. The second kappa shape index (κ2) is 12.0. The van der Waals surface area contributed by atoms with Crippen LogP contribution in [0.15, 0.2) is 103 Å². The number of rotatable bonds is 7. The molecule has 1 unspecified atom stereocenters. The summed E-state index contributed by atoms with van der Waals surface area (Å²) in [5.74, 6) is -0.540. The molecule has 4 aromatic carbocycles. The Hall–Kier alpha value is -4.30. The van der Waals surface area contributed by atoms with Gasteiger partial charge in [0.1, 0.15) is 31.8 Å². The van der Waals surface area contributed by atoms with Gasteiger partial charge in [0.25, 0.3) is 0 Å². The number of Topliss-reactive ketones (excluding diaryl/α,β-unsaturated/α-hetero) is 1. The average molecular weight is 525 g/mol. The molecule has 1 fully saturated rings. The van der Waals surface area contributed by atoms with Crippen LogP contribution in [0.3, 0.4) is 0 Å². The standard InChI is InChI=1S/C22H18FNO2.C9H8BFO2/c23-18-8-10-19(11-9-18)24-21(14-22(24)25)17-6-12-20(13-7-17)26-15-16-4-2-1-3-5-16;1-9(10,13)8(12)6-2-4-7(11)5-3-6/h1-13,21H,14-15H2;2-5,13H,1H3/t21-;/m0./s1. The number of ether oxygens (including phenoxy) is 1. The Bertz CT molecular complexity index is 1400. The van der Waals surface area contributed by atoms with E-state index in [0.29, 0.717) is 13.0 Å². The SMILES string of the molecule is O=C1C[C@@H](c2ccc(OCc3ccccc3)cc2)N1c1ccc(F)cc1.[B]C(C)(O)C(=O)c1ccc(F)cc1. The maximum atomic E-state index is 13.1. The van der Waals surface area contributed by atoms with E-state index >= 15 is 0 Å². The van der Waals surface area contributed by atoms with Gasteiger partial charge in [0.05, 0.1) is 18.0 Å². The van der Waals surface area contributed by atoms with Crippen LogP contribution in [0.5, 0.6) is 5.75 Å². The first kappa shape index (κ1) is 27.7. The number of nitrogens with zero attached hydrogens (tertiary/aromatic N) is 1. The zero-order valence-corrected chi connectivity index (χ0v) is 21.3. The molecule has 8 heteroatoms. The van der Waals surface area contributed by atoms with E-state index in [1.54, 1.807) is 17.0 Å². The summed E-state index contributed by atoms with van der Waals surface area (Å²) < 4.78 is 31.4. The molecule has 1 saturated heterocycles. The topological polar surface area (TPSA) is 66.8 Å². The van der Waals surface area contributed by atoms with E-state index in [1.165, 1.54) is 31.2 Å². The van der Waals surface area contributed by atoms with Gasteiger partial charge < -0.3 is 14.7 Å². The maximum absolute atomic E-state index is 13.1. The summed E-state index contributed by atoms with van der Waals surface area (Å²) in [5.41, 5.74) is 1.16. The normalized spacial score (nSPS) is 15.8. The summed E-state index contributed by atoms with van der Waals surface area (Å²) in [4.78, 5) is 25.0. The van der Waals surface area contributed by atoms with Gasteiger partial charge in [0, 0.05) is 11.3 Å². The van der Waals surface area contributed by atoms with E-state index in [0.717, 1.165) is 34.7 Å². The largest absolute Gasteiger partial charge is 0.489 e. The first-order valence-electron chi connectivity index (χ1n) is 12.3. The second-order valence-corrected chi connectivity index (χ2v) is 9.29. The lowest BCUT2D eigenvalue weighted by molar-refractivity contribution is -0.124. The van der Waals surface area contributed by atoms with Crippen molar-refractivity contribution >= 4 is 25.2 Å². The highest BCUT2D eigenvalue weighted by Crippen LogP contribution is 2.39. The minimum absolute atomic E-state index is 0.0175. The fraction of sp³-hybridized carbons (Fsp3) is 0.161. The van der Waals surface area contributed by atoms with Crippen LogP contribution < -0.4 is 9.64 Å². The molecule has 5 rings (SSSR count). The predicted molar refractivity (Wildman–Crippen MR) is 146 cm³/mol. The molecule has 2 radical (unpaired) electrons. The van der Waals surface area contributed by atoms with Crippen molar-refractivity contribution < 1.29 is 28.2 Å². The van der Waals surface area contributed by atoms with E-state index in [9.17, 15) is 18.4 Å². The van der Waals surface area contributed by atoms with Gasteiger partial charge in [0.2, 0.25) is 5.91 Å². The van der Waals surface area contributed by atoms with Crippen LogP contribution in [0.25, 0.3) is 0 Å². The van der Waals surface area contributed by atoms with E-state index < -0.39 is 17.1 Å². The number of anilines is 1. The van der Waals surface area contributed by atoms with Gasteiger partial charge >= 0.3 is 0 Å². The monoisotopic (exact) mass is 525 g/mol. The third-order valence-electron chi connectivity index (χ3n) is 6.13. The fourth-order valence-electron chi connectivity index (χ4n) is 4.03. The van der Waals surface area contributed by atoms with Crippen LogP contribution in [0.2, 0.25) is 0 Å². The number of β-lactam (4-membered cyclic amide) rings is 1. The zero-order valence-electron chi connectivity index (χ0n) is 21.3. The van der Waals surface area contributed by atoms with E-state index in [1.807, 2.05) is 54.6 Å². The first-order valence-corrected chi connectivity index (χ1v) is 12.3. The molecule has 0 aromatic heterocycles. The third kappa shape index (κ3) is 7.18. The number of hydrogen-bond acceptors (Lipinski definition) is 4. The summed E-state index contributed by atoms with van der Waals surface area (Å²) in [5, 5.41) is 9.14. The van der Waals surface area contributed by atoms with Crippen molar-refractivity contribution in [3.63, 3.8) is 0 Å². The van der Waals surface area contributed by atoms with Crippen LogP contribution in [0.1, 0.15) is 40.9 Å². The average Bonchev–Trinajstić information content (AvgIpc) is 2.92. The lowest BCUT2D eigenvalue weighted by Gasteiger charge is -2.40. The molecule has 0 bridgehead atoms. The summed E-state index contributed by atoms with van der Waals surface area (Å²) in [7, 11) is 5.16. The molecule has 39 heavy (non-hydrogen) atoms. The number of carbonyl (C=O) groups excluding carboxylic acids is 2. The van der Waals surface area contributed by atoms with Crippen LogP contribution in [0, 0.1) is 11.6 Å². The molecule has 1 aliphatic rings. The first-order chi connectivity index (χ1) is 18.6. The van der Waals surface area contributed by atoms with Gasteiger partial charge in [-0.1, -0.05) is 42.5 Å². The number of benzene rings is 4. The smallest absolute Gasteiger partial charge is 0.230 e. The van der Waals surface area contributed by atoms with Crippen LogP contribution >= 0.6 is 0 Å². The molecule has 0 aliphatic carbocycles. The molecule has 4 aromatic rings. The van der Waals surface area contributed by atoms with Gasteiger partial charge in [0.15, 0.2) is 5.78 Å². The molecule has 0 spiro atoms. The van der Waals surface area contributed by atoms with E-state index in [4.69, 9.17) is 17.7 Å². The van der Waals surface area contributed by atoms with Gasteiger partial charge in [-0.3, -0.25) is 9.59 Å². The Morgan fingerprint density at radius 1 is 0.923 bits per heavy atom. The third-order valence-corrected chi connectivity index (χ3v) is 6.13. The van der Waals surface area contributed by atoms with Crippen molar-refractivity contribution in [3.05, 3.63) is 131 Å². The quantitative estimate of drug-likeness (QED) is 0.189. The summed E-state index contributed by atoms with van der Waals surface area (Å²) in [6.45, 7) is 1.70. The number of carbonyl (C=O) groups is 2. The van der Waals surface area contributed by atoms with Crippen molar-refractivity contribution in [3.8, 4) is 5.75 Å².